The summed E-state index contributed by atoms with van der Waals surface area (Å²) in [6.07, 6.45) is 1.93. The number of fused-ring (bicyclic) bond motifs is 1. The van der Waals surface area contributed by atoms with Gasteiger partial charge in [-0.3, -0.25) is 4.68 Å². The summed E-state index contributed by atoms with van der Waals surface area (Å²) >= 11 is 1.47. The van der Waals surface area contributed by atoms with Crippen molar-refractivity contribution in [1.29, 1.82) is 0 Å². The molecule has 3 N–H and O–H groups in total. The van der Waals surface area contributed by atoms with Gasteiger partial charge in [0, 0.05) is 26.7 Å². The standard InChI is InChI=1S/C15H22N8OS/c1-21(2)15(24)17-8-10-6-11-9-22(4-5-23(11)20-10)13-7-12(16)18-14(19-13)25-3/h6-7H,4-5,8-9H2,1-3H3,(H,17,24)(H2,16,18,19). The molecule has 3 heterocycles. The van der Waals surface area contributed by atoms with E-state index < -0.39 is 0 Å². The van der Waals surface area contributed by atoms with Gasteiger partial charge >= 0.3 is 6.03 Å². The van der Waals surface area contributed by atoms with E-state index in [-0.39, 0.29) is 6.03 Å². The van der Waals surface area contributed by atoms with Crippen molar-refractivity contribution in [3.63, 3.8) is 0 Å². The zero-order chi connectivity index (χ0) is 18.0. The first kappa shape index (κ1) is 17.3. The van der Waals surface area contributed by atoms with Gasteiger partial charge < -0.3 is 20.9 Å². The molecule has 0 bridgehead atoms. The Morgan fingerprint density at radius 1 is 1.36 bits per heavy atom. The molecule has 9 nitrogen and oxygen atoms in total. The highest BCUT2D eigenvalue weighted by Gasteiger charge is 2.20. The molecule has 0 radical (unpaired) electrons. The van der Waals surface area contributed by atoms with E-state index in [4.69, 9.17) is 5.73 Å². The van der Waals surface area contributed by atoms with Crippen LogP contribution in [0.25, 0.3) is 0 Å². The zero-order valence-corrected chi connectivity index (χ0v) is 15.4. The number of amides is 2. The predicted octanol–water partition coefficient (Wildman–Crippen LogP) is 0.769. The maximum absolute atomic E-state index is 11.6. The number of aromatic nitrogens is 4. The van der Waals surface area contributed by atoms with E-state index in [1.54, 1.807) is 20.2 Å². The van der Waals surface area contributed by atoms with Crippen LogP contribution in [-0.2, 0) is 19.6 Å². The van der Waals surface area contributed by atoms with Crippen LogP contribution in [0.5, 0.6) is 0 Å². The molecule has 25 heavy (non-hydrogen) atoms. The van der Waals surface area contributed by atoms with Gasteiger partial charge in [0.1, 0.15) is 11.6 Å². The van der Waals surface area contributed by atoms with Crippen LogP contribution in [0.2, 0.25) is 0 Å². The summed E-state index contributed by atoms with van der Waals surface area (Å²) in [5.74, 6) is 1.30. The maximum atomic E-state index is 11.6. The van der Waals surface area contributed by atoms with Crippen molar-refractivity contribution >= 4 is 29.4 Å². The maximum Gasteiger partial charge on any atom is 0.317 e. The molecule has 2 aromatic rings. The van der Waals surface area contributed by atoms with E-state index in [1.807, 2.05) is 17.0 Å². The van der Waals surface area contributed by atoms with Crippen LogP contribution in [0.1, 0.15) is 11.4 Å². The summed E-state index contributed by atoms with van der Waals surface area (Å²) in [6, 6.07) is 3.68. The van der Waals surface area contributed by atoms with E-state index >= 15 is 0 Å². The van der Waals surface area contributed by atoms with Crippen LogP contribution in [0, 0.1) is 0 Å². The molecule has 10 heteroatoms. The average Bonchev–Trinajstić information content (AvgIpc) is 3.00. The molecule has 3 rings (SSSR count). The number of nitrogens with two attached hydrogens (primary N) is 1. The Labute approximate surface area is 150 Å². The largest absolute Gasteiger partial charge is 0.383 e. The molecule has 1 aliphatic rings. The van der Waals surface area contributed by atoms with Crippen molar-refractivity contribution < 1.29 is 4.79 Å². The Hall–Kier alpha value is -2.49. The number of hydrogen-bond acceptors (Lipinski definition) is 7. The number of nitrogen functional groups attached to an aromatic ring is 1. The van der Waals surface area contributed by atoms with E-state index in [0.717, 1.165) is 30.3 Å². The van der Waals surface area contributed by atoms with Gasteiger partial charge in [0.25, 0.3) is 0 Å². The SMILES string of the molecule is CSc1nc(N)cc(N2CCn3nc(CNC(=O)N(C)C)cc3C2)n1. The number of carbonyl (C=O) groups excluding carboxylic acids is 1. The quantitative estimate of drug-likeness (QED) is 0.611. The molecule has 0 atom stereocenters. The molecule has 0 saturated heterocycles. The zero-order valence-electron chi connectivity index (χ0n) is 14.6. The molecule has 0 unspecified atom stereocenters. The minimum Gasteiger partial charge on any atom is -0.383 e. The first-order chi connectivity index (χ1) is 12.0. The lowest BCUT2D eigenvalue weighted by atomic mass is 10.2. The van der Waals surface area contributed by atoms with Crippen molar-refractivity contribution in [2.75, 3.05) is 37.5 Å². The second-order valence-corrected chi connectivity index (χ2v) is 6.74. The first-order valence-electron chi connectivity index (χ1n) is 7.90. The second-order valence-electron chi connectivity index (χ2n) is 5.96. The van der Waals surface area contributed by atoms with Crippen molar-refractivity contribution in [2.45, 2.75) is 24.8 Å². The number of thioether (sulfide) groups is 1. The third kappa shape index (κ3) is 3.95. The number of anilines is 2. The van der Waals surface area contributed by atoms with Crippen molar-refractivity contribution in [3.8, 4) is 0 Å². The summed E-state index contributed by atoms with van der Waals surface area (Å²) in [6.45, 7) is 2.66. The molecule has 0 fully saturated rings. The Morgan fingerprint density at radius 3 is 2.88 bits per heavy atom. The molecule has 134 valence electrons. The smallest absolute Gasteiger partial charge is 0.317 e. The molecule has 0 aliphatic carbocycles. The van der Waals surface area contributed by atoms with E-state index in [0.29, 0.717) is 24.1 Å². The van der Waals surface area contributed by atoms with E-state index in [1.165, 1.54) is 16.7 Å². The van der Waals surface area contributed by atoms with Crippen LogP contribution in [0.3, 0.4) is 0 Å². The van der Waals surface area contributed by atoms with Crippen LogP contribution in [-0.4, -0.2) is 57.6 Å². The fourth-order valence-corrected chi connectivity index (χ4v) is 3.00. The number of nitrogens with zero attached hydrogens (tertiary/aromatic N) is 6. The van der Waals surface area contributed by atoms with Gasteiger partial charge in [0.05, 0.1) is 31.0 Å². The van der Waals surface area contributed by atoms with Crippen LogP contribution in [0.4, 0.5) is 16.4 Å². The third-order valence-corrected chi connectivity index (χ3v) is 4.44. The Morgan fingerprint density at radius 2 is 2.16 bits per heavy atom. The lowest BCUT2D eigenvalue weighted by molar-refractivity contribution is 0.217. The number of nitrogens with one attached hydrogen (secondary N) is 1. The van der Waals surface area contributed by atoms with Gasteiger partial charge in [-0.1, -0.05) is 11.8 Å². The third-order valence-electron chi connectivity index (χ3n) is 3.89. The monoisotopic (exact) mass is 362 g/mol. The molecule has 1 aliphatic heterocycles. The fraction of sp³-hybridized carbons (Fsp3) is 0.467. The fourth-order valence-electron chi connectivity index (χ4n) is 2.62. The Bertz CT molecular complexity index is 775. The van der Waals surface area contributed by atoms with Gasteiger partial charge in [0.2, 0.25) is 0 Å². The number of hydrogen-bond donors (Lipinski definition) is 2. The molecule has 2 aromatic heterocycles. The number of rotatable bonds is 4. The van der Waals surface area contributed by atoms with Crippen LogP contribution in [0.15, 0.2) is 17.3 Å². The van der Waals surface area contributed by atoms with Gasteiger partial charge in [-0.15, -0.1) is 0 Å². The molecule has 0 spiro atoms. The number of carbonyl (C=O) groups is 1. The summed E-state index contributed by atoms with van der Waals surface area (Å²) in [5.41, 5.74) is 7.81. The van der Waals surface area contributed by atoms with Crippen LogP contribution < -0.4 is 16.0 Å². The lowest BCUT2D eigenvalue weighted by Crippen LogP contribution is -2.34. The molecule has 0 aromatic carbocycles. The predicted molar refractivity (Wildman–Crippen MR) is 97.4 cm³/mol. The van der Waals surface area contributed by atoms with Gasteiger partial charge in [-0.25, -0.2) is 14.8 Å². The normalized spacial score (nSPS) is 13.5. The molecular formula is C15H22N8OS. The topological polar surface area (TPSA) is 105 Å². The minimum absolute atomic E-state index is 0.131. The van der Waals surface area contributed by atoms with Crippen LogP contribution >= 0.6 is 11.8 Å². The van der Waals surface area contributed by atoms with E-state index in [2.05, 4.69) is 25.3 Å². The Balaban J connectivity index is 1.71. The molecule has 2 amide bonds. The second kappa shape index (κ2) is 7.18. The van der Waals surface area contributed by atoms with E-state index in [9.17, 15) is 4.79 Å². The first-order valence-corrected chi connectivity index (χ1v) is 9.13. The average molecular weight is 362 g/mol. The Kier molecular flexibility index (Phi) is 4.98. The molecule has 0 saturated carbocycles. The highest BCUT2D eigenvalue weighted by Crippen LogP contribution is 2.23. The van der Waals surface area contributed by atoms with Gasteiger partial charge in [-0.2, -0.15) is 5.10 Å². The summed E-state index contributed by atoms with van der Waals surface area (Å²) in [5, 5.41) is 8.06. The highest BCUT2D eigenvalue weighted by molar-refractivity contribution is 7.98. The lowest BCUT2D eigenvalue weighted by Gasteiger charge is -2.28. The summed E-state index contributed by atoms with van der Waals surface area (Å²) in [4.78, 5) is 24.0. The number of urea groups is 1. The van der Waals surface area contributed by atoms with Crippen molar-refractivity contribution in [2.24, 2.45) is 0 Å². The van der Waals surface area contributed by atoms with Crippen molar-refractivity contribution in [1.82, 2.24) is 30.0 Å². The van der Waals surface area contributed by atoms with Gasteiger partial charge in [-0.05, 0) is 12.3 Å². The van der Waals surface area contributed by atoms with Crippen molar-refractivity contribution in [3.05, 3.63) is 23.5 Å². The summed E-state index contributed by atoms with van der Waals surface area (Å²) < 4.78 is 1.98. The minimum atomic E-state index is -0.131. The highest BCUT2D eigenvalue weighted by atomic mass is 32.2. The summed E-state index contributed by atoms with van der Waals surface area (Å²) in [7, 11) is 3.42. The molecular weight excluding hydrogens is 340 g/mol. The van der Waals surface area contributed by atoms with Gasteiger partial charge in [0.15, 0.2) is 5.16 Å².